The molecular weight excluding hydrogens is 248 g/mol. The fraction of sp³-hybridized carbons (Fsp3) is 0.667. The lowest BCUT2D eigenvalue weighted by Crippen LogP contribution is -2.43. The van der Waals surface area contributed by atoms with Crippen molar-refractivity contribution in [3.05, 3.63) is 6.07 Å². The predicted octanol–water partition coefficient (Wildman–Crippen LogP) is 1.78. The van der Waals surface area contributed by atoms with Gasteiger partial charge in [-0.25, -0.2) is 9.97 Å². The standard InChI is InChI=1S/C12H20N4OS/c1-8-6-9(17-2)4-5-16(8)11-7-10(13)14-12(15-11)18-3/h7-9H,4-6H2,1-3H3,(H2,13,14,15). The van der Waals surface area contributed by atoms with Crippen LogP contribution in [0.1, 0.15) is 19.8 Å². The van der Waals surface area contributed by atoms with Crippen LogP contribution in [0, 0.1) is 0 Å². The Morgan fingerprint density at radius 2 is 2.28 bits per heavy atom. The fourth-order valence-electron chi connectivity index (χ4n) is 2.35. The van der Waals surface area contributed by atoms with Gasteiger partial charge in [0.05, 0.1) is 6.10 Å². The van der Waals surface area contributed by atoms with Crippen molar-refractivity contribution in [3.8, 4) is 0 Å². The molecule has 1 saturated heterocycles. The molecule has 1 aromatic rings. The molecule has 2 N–H and O–H groups in total. The topological polar surface area (TPSA) is 64.3 Å². The third-order valence-corrected chi connectivity index (χ3v) is 3.90. The van der Waals surface area contributed by atoms with Crippen LogP contribution in [0.4, 0.5) is 11.6 Å². The van der Waals surface area contributed by atoms with Crippen molar-refractivity contribution in [1.29, 1.82) is 0 Å². The van der Waals surface area contributed by atoms with Gasteiger partial charge in [0.2, 0.25) is 0 Å². The summed E-state index contributed by atoms with van der Waals surface area (Å²) in [6.07, 6.45) is 4.36. The van der Waals surface area contributed by atoms with Crippen LogP contribution in [0.15, 0.2) is 11.2 Å². The van der Waals surface area contributed by atoms with Crippen LogP contribution >= 0.6 is 11.8 Å². The second kappa shape index (κ2) is 5.75. The Morgan fingerprint density at radius 3 is 2.89 bits per heavy atom. The van der Waals surface area contributed by atoms with Crippen LogP contribution in [-0.2, 0) is 4.74 Å². The Balaban J connectivity index is 2.18. The maximum Gasteiger partial charge on any atom is 0.191 e. The normalized spacial score (nSPS) is 24.3. The first-order valence-corrected chi connectivity index (χ1v) is 7.34. The Kier molecular flexibility index (Phi) is 4.29. The highest BCUT2D eigenvalue weighted by Crippen LogP contribution is 2.26. The number of hydrogen-bond donors (Lipinski definition) is 1. The van der Waals surface area contributed by atoms with E-state index in [1.165, 1.54) is 11.8 Å². The summed E-state index contributed by atoms with van der Waals surface area (Å²) in [6.45, 7) is 3.15. The van der Waals surface area contributed by atoms with E-state index in [9.17, 15) is 0 Å². The zero-order valence-corrected chi connectivity index (χ0v) is 11.9. The van der Waals surface area contributed by atoms with Crippen LogP contribution < -0.4 is 10.6 Å². The van der Waals surface area contributed by atoms with Gasteiger partial charge < -0.3 is 15.4 Å². The molecule has 1 fully saturated rings. The van der Waals surface area contributed by atoms with E-state index < -0.39 is 0 Å². The monoisotopic (exact) mass is 268 g/mol. The summed E-state index contributed by atoms with van der Waals surface area (Å²) >= 11 is 1.51. The molecule has 2 atom stereocenters. The first kappa shape index (κ1) is 13.4. The average Bonchev–Trinajstić information content (AvgIpc) is 2.37. The van der Waals surface area contributed by atoms with E-state index in [1.807, 2.05) is 12.3 Å². The molecular formula is C12H20N4OS. The molecule has 2 heterocycles. The number of thioether (sulfide) groups is 1. The predicted molar refractivity (Wildman–Crippen MR) is 75.1 cm³/mol. The average molecular weight is 268 g/mol. The Morgan fingerprint density at radius 1 is 1.50 bits per heavy atom. The summed E-state index contributed by atoms with van der Waals surface area (Å²) in [5.41, 5.74) is 5.82. The van der Waals surface area contributed by atoms with Crippen LogP contribution in [0.25, 0.3) is 0 Å². The van der Waals surface area contributed by atoms with Crippen molar-refractivity contribution in [2.45, 2.75) is 37.1 Å². The van der Waals surface area contributed by atoms with Crippen molar-refractivity contribution in [3.63, 3.8) is 0 Å². The van der Waals surface area contributed by atoms with Crippen LogP contribution in [0.2, 0.25) is 0 Å². The number of nitrogens with zero attached hydrogens (tertiary/aromatic N) is 3. The number of piperidine rings is 1. The molecule has 0 bridgehead atoms. The van der Waals surface area contributed by atoms with Crippen molar-refractivity contribution in [2.24, 2.45) is 0 Å². The van der Waals surface area contributed by atoms with Gasteiger partial charge in [0.15, 0.2) is 5.16 Å². The molecule has 6 heteroatoms. The highest BCUT2D eigenvalue weighted by atomic mass is 32.2. The summed E-state index contributed by atoms with van der Waals surface area (Å²) in [7, 11) is 1.78. The number of nitrogen functional groups attached to an aromatic ring is 1. The number of methoxy groups -OCH3 is 1. The van der Waals surface area contributed by atoms with E-state index in [1.54, 1.807) is 7.11 Å². The van der Waals surface area contributed by atoms with Crippen LogP contribution in [-0.4, -0.2) is 42.0 Å². The van der Waals surface area contributed by atoms with Gasteiger partial charge in [0.1, 0.15) is 11.6 Å². The summed E-state index contributed by atoms with van der Waals surface area (Å²) in [4.78, 5) is 11.0. The van der Waals surface area contributed by atoms with Crippen molar-refractivity contribution < 1.29 is 4.74 Å². The first-order chi connectivity index (χ1) is 8.63. The molecule has 1 aliphatic rings. The number of aromatic nitrogens is 2. The van der Waals surface area contributed by atoms with E-state index in [0.717, 1.165) is 30.4 Å². The second-order valence-corrected chi connectivity index (χ2v) is 5.34. The zero-order valence-electron chi connectivity index (χ0n) is 11.1. The molecule has 1 aromatic heterocycles. The third-order valence-electron chi connectivity index (χ3n) is 3.35. The van der Waals surface area contributed by atoms with E-state index in [4.69, 9.17) is 10.5 Å². The SMILES string of the molecule is COC1CCN(c2cc(N)nc(SC)n2)C(C)C1. The van der Waals surface area contributed by atoms with Gasteiger partial charge in [0.25, 0.3) is 0 Å². The minimum absolute atomic E-state index is 0.357. The number of rotatable bonds is 3. The molecule has 2 rings (SSSR count). The van der Waals surface area contributed by atoms with E-state index >= 15 is 0 Å². The smallest absolute Gasteiger partial charge is 0.191 e. The van der Waals surface area contributed by atoms with Crippen molar-refractivity contribution >= 4 is 23.4 Å². The van der Waals surface area contributed by atoms with Gasteiger partial charge in [-0.2, -0.15) is 0 Å². The highest BCUT2D eigenvalue weighted by molar-refractivity contribution is 7.98. The molecule has 5 nitrogen and oxygen atoms in total. The quantitative estimate of drug-likeness (QED) is 0.666. The zero-order chi connectivity index (χ0) is 13.1. The summed E-state index contributed by atoms with van der Waals surface area (Å²) in [5, 5.41) is 0.728. The molecule has 0 aliphatic carbocycles. The van der Waals surface area contributed by atoms with Gasteiger partial charge in [-0.05, 0) is 26.0 Å². The molecule has 1 aliphatic heterocycles. The minimum Gasteiger partial charge on any atom is -0.383 e. The number of hydrogen-bond acceptors (Lipinski definition) is 6. The van der Waals surface area contributed by atoms with Gasteiger partial charge in [0, 0.05) is 25.8 Å². The largest absolute Gasteiger partial charge is 0.383 e. The Bertz CT molecular complexity index is 415. The summed E-state index contributed by atoms with van der Waals surface area (Å²) in [5.74, 6) is 1.46. The lowest BCUT2D eigenvalue weighted by atomic mass is 10.0. The second-order valence-electron chi connectivity index (χ2n) is 4.56. The molecule has 0 radical (unpaired) electrons. The van der Waals surface area contributed by atoms with E-state index in [0.29, 0.717) is 18.0 Å². The lowest BCUT2D eigenvalue weighted by Gasteiger charge is -2.38. The molecule has 0 saturated carbocycles. The molecule has 100 valence electrons. The first-order valence-electron chi connectivity index (χ1n) is 6.12. The molecule has 0 aromatic carbocycles. The van der Waals surface area contributed by atoms with Crippen molar-refractivity contribution in [1.82, 2.24) is 9.97 Å². The lowest BCUT2D eigenvalue weighted by molar-refractivity contribution is 0.0719. The highest BCUT2D eigenvalue weighted by Gasteiger charge is 2.26. The Labute approximate surface area is 112 Å². The van der Waals surface area contributed by atoms with Crippen LogP contribution in [0.5, 0.6) is 0 Å². The summed E-state index contributed by atoms with van der Waals surface area (Å²) < 4.78 is 5.43. The van der Waals surface area contributed by atoms with Gasteiger partial charge >= 0.3 is 0 Å². The van der Waals surface area contributed by atoms with E-state index in [2.05, 4.69) is 21.8 Å². The maximum atomic E-state index is 5.82. The molecule has 2 unspecified atom stereocenters. The minimum atomic E-state index is 0.357. The number of nitrogens with two attached hydrogens (primary N) is 1. The van der Waals surface area contributed by atoms with Gasteiger partial charge in [-0.1, -0.05) is 11.8 Å². The van der Waals surface area contributed by atoms with Gasteiger partial charge in [-0.3, -0.25) is 0 Å². The number of anilines is 2. The van der Waals surface area contributed by atoms with Crippen molar-refractivity contribution in [2.75, 3.05) is 30.5 Å². The maximum absolute atomic E-state index is 5.82. The molecule has 18 heavy (non-hydrogen) atoms. The van der Waals surface area contributed by atoms with Gasteiger partial charge in [-0.15, -0.1) is 0 Å². The Hall–Kier alpha value is -1.01. The molecule has 0 amide bonds. The summed E-state index contributed by atoms with van der Waals surface area (Å²) in [6, 6.07) is 2.26. The number of ether oxygens (including phenoxy) is 1. The third kappa shape index (κ3) is 2.87. The van der Waals surface area contributed by atoms with Crippen LogP contribution in [0.3, 0.4) is 0 Å². The molecule has 0 spiro atoms. The fourth-order valence-corrected chi connectivity index (χ4v) is 2.73. The van der Waals surface area contributed by atoms with E-state index in [-0.39, 0.29) is 0 Å².